The molecule has 1 saturated carbocycles. The summed E-state index contributed by atoms with van der Waals surface area (Å²) >= 11 is 5.05. The molecule has 18 heavy (non-hydrogen) atoms. The first-order valence-corrected chi connectivity index (χ1v) is 7.21. The van der Waals surface area contributed by atoms with Gasteiger partial charge in [0.1, 0.15) is 0 Å². The lowest BCUT2D eigenvalue weighted by molar-refractivity contribution is -0.136. The highest BCUT2D eigenvalue weighted by molar-refractivity contribution is 7.80. The molecule has 2 aliphatic rings. The average Bonchev–Trinajstić information content (AvgIpc) is 3.18. The first-order valence-electron chi connectivity index (χ1n) is 6.81. The monoisotopic (exact) mass is 269 g/mol. The van der Waals surface area contributed by atoms with Crippen molar-refractivity contribution in [3.63, 3.8) is 0 Å². The van der Waals surface area contributed by atoms with E-state index < -0.39 is 5.41 Å². The Morgan fingerprint density at radius 3 is 2.39 bits per heavy atom. The third-order valence-electron chi connectivity index (χ3n) is 4.50. The van der Waals surface area contributed by atoms with Gasteiger partial charge < -0.3 is 15.5 Å². The number of nitrogens with two attached hydrogens (primary N) is 1. The van der Waals surface area contributed by atoms with Gasteiger partial charge in [-0.15, -0.1) is 0 Å². The topological polar surface area (TPSA) is 49.6 Å². The summed E-state index contributed by atoms with van der Waals surface area (Å²) in [5.74, 6) is 0.143. The second-order valence-corrected chi connectivity index (χ2v) is 5.97. The van der Waals surface area contributed by atoms with Crippen molar-refractivity contribution in [2.45, 2.75) is 38.6 Å². The van der Waals surface area contributed by atoms with Crippen LogP contribution in [0.3, 0.4) is 0 Å². The van der Waals surface area contributed by atoms with Crippen LogP contribution in [0.1, 0.15) is 32.6 Å². The van der Waals surface area contributed by atoms with Crippen LogP contribution >= 0.6 is 12.2 Å². The maximum absolute atomic E-state index is 12.5. The molecule has 1 aliphatic carbocycles. The summed E-state index contributed by atoms with van der Waals surface area (Å²) in [5.41, 5.74) is 5.23. The van der Waals surface area contributed by atoms with Crippen molar-refractivity contribution in [3.8, 4) is 0 Å². The van der Waals surface area contributed by atoms with E-state index in [9.17, 15) is 4.79 Å². The molecule has 2 rings (SSSR count). The molecule has 2 fully saturated rings. The lowest BCUT2D eigenvalue weighted by Crippen LogP contribution is -2.49. The predicted octanol–water partition coefficient (Wildman–Crippen LogP) is 0.995. The number of hydrogen-bond acceptors (Lipinski definition) is 3. The highest BCUT2D eigenvalue weighted by Gasteiger charge is 2.54. The normalized spacial score (nSPS) is 23.7. The Morgan fingerprint density at radius 1 is 1.44 bits per heavy atom. The van der Waals surface area contributed by atoms with E-state index in [1.165, 1.54) is 0 Å². The second kappa shape index (κ2) is 5.13. The van der Waals surface area contributed by atoms with Crippen molar-refractivity contribution in [1.29, 1.82) is 0 Å². The number of carbonyl (C=O) groups excluding carboxylic acids is 1. The number of amides is 1. The van der Waals surface area contributed by atoms with Gasteiger partial charge in [0.15, 0.2) is 0 Å². The number of hydrogen-bond donors (Lipinski definition) is 1. The van der Waals surface area contributed by atoms with Crippen LogP contribution in [-0.2, 0) is 4.79 Å². The summed E-state index contributed by atoms with van der Waals surface area (Å²) in [6, 6.07) is 0.354. The van der Waals surface area contributed by atoms with Crippen LogP contribution in [0.2, 0.25) is 0 Å². The predicted molar refractivity (Wildman–Crippen MR) is 76.4 cm³/mol. The van der Waals surface area contributed by atoms with E-state index in [4.69, 9.17) is 18.0 Å². The minimum atomic E-state index is -0.494. The van der Waals surface area contributed by atoms with E-state index in [2.05, 4.69) is 11.8 Å². The Bertz CT molecular complexity index is 346. The molecule has 1 aliphatic heterocycles. The molecule has 0 spiro atoms. The first-order chi connectivity index (χ1) is 8.51. The summed E-state index contributed by atoms with van der Waals surface area (Å²) in [6.45, 7) is 5.44. The zero-order valence-electron chi connectivity index (χ0n) is 11.3. The maximum atomic E-state index is 12.5. The molecular weight excluding hydrogens is 246 g/mol. The molecule has 4 nitrogen and oxygen atoms in total. The minimum absolute atomic E-state index is 0.143. The molecule has 5 heteroatoms. The third kappa shape index (κ3) is 2.38. The molecule has 0 atom stereocenters. The molecule has 0 aromatic rings. The van der Waals surface area contributed by atoms with E-state index in [-0.39, 0.29) is 5.91 Å². The third-order valence-corrected chi connectivity index (χ3v) is 4.89. The van der Waals surface area contributed by atoms with Crippen LogP contribution in [0.15, 0.2) is 0 Å². The maximum Gasteiger partial charge on any atom is 0.235 e. The van der Waals surface area contributed by atoms with Crippen LogP contribution in [0, 0.1) is 5.41 Å². The quantitative estimate of drug-likeness (QED) is 0.774. The SMILES string of the molecule is CCN1CCC(N(C)C(=O)C2(C(N)=S)CC2)CC1. The van der Waals surface area contributed by atoms with E-state index in [1.807, 2.05) is 11.9 Å². The summed E-state index contributed by atoms with van der Waals surface area (Å²) in [7, 11) is 1.91. The van der Waals surface area contributed by atoms with Gasteiger partial charge in [-0.05, 0) is 32.2 Å². The van der Waals surface area contributed by atoms with E-state index in [0.29, 0.717) is 11.0 Å². The molecule has 1 heterocycles. The molecule has 0 aromatic heterocycles. The Balaban J connectivity index is 1.94. The van der Waals surface area contributed by atoms with Crippen LogP contribution in [0.4, 0.5) is 0 Å². The number of rotatable bonds is 4. The zero-order chi connectivity index (χ0) is 13.3. The lowest BCUT2D eigenvalue weighted by Gasteiger charge is -2.37. The second-order valence-electron chi connectivity index (χ2n) is 5.53. The minimum Gasteiger partial charge on any atom is -0.392 e. The fourth-order valence-electron chi connectivity index (χ4n) is 2.82. The number of carbonyl (C=O) groups is 1. The molecule has 0 aromatic carbocycles. The standard InChI is InChI=1S/C13H23N3OS/c1-3-16-8-4-10(5-9-16)15(2)12(17)13(6-7-13)11(14)18/h10H,3-9H2,1-2H3,(H2,14,18). The van der Waals surface area contributed by atoms with Crippen molar-refractivity contribution < 1.29 is 4.79 Å². The summed E-state index contributed by atoms with van der Waals surface area (Å²) in [5, 5.41) is 0. The molecule has 1 saturated heterocycles. The van der Waals surface area contributed by atoms with Gasteiger partial charge >= 0.3 is 0 Å². The number of likely N-dealkylation sites (tertiary alicyclic amines) is 1. The van der Waals surface area contributed by atoms with Crippen LogP contribution in [-0.4, -0.2) is 53.4 Å². The molecule has 102 valence electrons. The zero-order valence-corrected chi connectivity index (χ0v) is 12.1. The van der Waals surface area contributed by atoms with E-state index in [0.717, 1.165) is 45.3 Å². The number of nitrogens with zero attached hydrogens (tertiary/aromatic N) is 2. The van der Waals surface area contributed by atoms with Crippen molar-refractivity contribution in [2.75, 3.05) is 26.7 Å². The van der Waals surface area contributed by atoms with Crippen molar-refractivity contribution in [1.82, 2.24) is 9.80 Å². The fraction of sp³-hybridized carbons (Fsp3) is 0.846. The van der Waals surface area contributed by atoms with Gasteiger partial charge in [0, 0.05) is 26.2 Å². The van der Waals surface area contributed by atoms with E-state index in [1.54, 1.807) is 0 Å². The molecule has 0 unspecified atom stereocenters. The Morgan fingerprint density at radius 2 is 2.00 bits per heavy atom. The van der Waals surface area contributed by atoms with Gasteiger partial charge in [-0.2, -0.15) is 0 Å². The molecule has 0 bridgehead atoms. The average molecular weight is 269 g/mol. The Kier molecular flexibility index (Phi) is 3.92. The Labute approximate surface area is 114 Å². The van der Waals surface area contributed by atoms with Gasteiger partial charge in [-0.3, -0.25) is 4.79 Å². The number of thiocarbonyl (C=S) groups is 1. The molecule has 1 amide bonds. The lowest BCUT2D eigenvalue weighted by atomic mass is 9.99. The summed E-state index contributed by atoms with van der Waals surface area (Å²) in [4.78, 5) is 17.2. The van der Waals surface area contributed by atoms with Gasteiger partial charge in [0.2, 0.25) is 5.91 Å². The summed E-state index contributed by atoms with van der Waals surface area (Å²) < 4.78 is 0. The first kappa shape index (κ1) is 13.7. The van der Waals surface area contributed by atoms with E-state index >= 15 is 0 Å². The highest BCUT2D eigenvalue weighted by Crippen LogP contribution is 2.47. The van der Waals surface area contributed by atoms with Gasteiger partial charge in [-0.25, -0.2) is 0 Å². The van der Waals surface area contributed by atoms with Crippen molar-refractivity contribution in [3.05, 3.63) is 0 Å². The van der Waals surface area contributed by atoms with Gasteiger partial charge in [0.25, 0.3) is 0 Å². The molecule has 2 N–H and O–H groups in total. The van der Waals surface area contributed by atoms with Crippen LogP contribution < -0.4 is 5.73 Å². The summed E-state index contributed by atoms with van der Waals surface area (Å²) in [6.07, 6.45) is 3.78. The van der Waals surface area contributed by atoms with Crippen LogP contribution in [0.5, 0.6) is 0 Å². The number of piperidine rings is 1. The van der Waals surface area contributed by atoms with Gasteiger partial charge in [0.05, 0.1) is 10.4 Å². The van der Waals surface area contributed by atoms with Gasteiger partial charge in [-0.1, -0.05) is 19.1 Å². The molecule has 0 radical (unpaired) electrons. The highest BCUT2D eigenvalue weighted by atomic mass is 32.1. The van der Waals surface area contributed by atoms with Crippen LogP contribution in [0.25, 0.3) is 0 Å². The largest absolute Gasteiger partial charge is 0.392 e. The Hall–Kier alpha value is -0.680. The molecular formula is C13H23N3OS. The van der Waals surface area contributed by atoms with Crippen molar-refractivity contribution in [2.24, 2.45) is 11.1 Å². The fourth-order valence-corrected chi connectivity index (χ4v) is 3.11. The van der Waals surface area contributed by atoms with Crippen molar-refractivity contribution >= 4 is 23.1 Å². The smallest absolute Gasteiger partial charge is 0.235 e.